The maximum Gasteiger partial charge on any atom is 0.264 e. The quantitative estimate of drug-likeness (QED) is 0.861. The summed E-state index contributed by atoms with van der Waals surface area (Å²) in [4.78, 5) is 14.5. The van der Waals surface area contributed by atoms with Gasteiger partial charge >= 0.3 is 0 Å². The second-order valence-electron chi connectivity index (χ2n) is 3.78. The molecule has 0 spiro atoms. The second-order valence-corrected chi connectivity index (χ2v) is 4.69. The first-order chi connectivity index (χ1) is 8.24. The number of hydrogen-bond acceptors (Lipinski definition) is 5. The van der Waals surface area contributed by atoms with Crippen LogP contribution in [0.25, 0.3) is 0 Å². The molecular weight excluding hydrogens is 242 g/mol. The Morgan fingerprint density at radius 3 is 3.24 bits per heavy atom. The van der Waals surface area contributed by atoms with E-state index in [0.717, 1.165) is 0 Å². The minimum Gasteiger partial charge on any atom is -0.496 e. The summed E-state index contributed by atoms with van der Waals surface area (Å²) < 4.78 is 10.4. The van der Waals surface area contributed by atoms with Gasteiger partial charge in [0.2, 0.25) is 0 Å². The van der Waals surface area contributed by atoms with Crippen LogP contribution >= 0.6 is 11.3 Å². The molecule has 1 saturated heterocycles. The summed E-state index contributed by atoms with van der Waals surface area (Å²) in [6.07, 6.45) is -0.269. The number of carbonyl (C=O) groups excluding carboxylic acids is 1. The van der Waals surface area contributed by atoms with Gasteiger partial charge in [0.05, 0.1) is 31.3 Å². The van der Waals surface area contributed by atoms with E-state index in [1.165, 1.54) is 11.3 Å². The van der Waals surface area contributed by atoms with E-state index in [4.69, 9.17) is 14.6 Å². The Bertz CT molecular complexity index is 393. The number of rotatable bonds is 3. The highest BCUT2D eigenvalue weighted by Crippen LogP contribution is 2.23. The van der Waals surface area contributed by atoms with Gasteiger partial charge < -0.3 is 19.5 Å². The molecule has 1 amide bonds. The summed E-state index contributed by atoms with van der Waals surface area (Å²) in [7, 11) is 1.58. The van der Waals surface area contributed by atoms with Crippen molar-refractivity contribution in [1.29, 1.82) is 0 Å². The number of aliphatic hydroxyl groups is 1. The molecular formula is C11H15NO4S. The third-order valence-corrected chi connectivity index (χ3v) is 3.55. The molecule has 1 fully saturated rings. The summed E-state index contributed by atoms with van der Waals surface area (Å²) in [6, 6.07) is 1.73. The van der Waals surface area contributed by atoms with Crippen molar-refractivity contribution in [1.82, 2.24) is 4.90 Å². The Kier molecular flexibility index (Phi) is 3.98. The lowest BCUT2D eigenvalue weighted by atomic mass is 10.2. The molecule has 1 aromatic rings. The van der Waals surface area contributed by atoms with Crippen molar-refractivity contribution in [3.8, 4) is 5.75 Å². The van der Waals surface area contributed by atoms with Gasteiger partial charge in [-0.2, -0.15) is 0 Å². The van der Waals surface area contributed by atoms with Crippen LogP contribution in [-0.2, 0) is 4.74 Å². The van der Waals surface area contributed by atoms with Crippen LogP contribution in [0.1, 0.15) is 9.67 Å². The molecule has 1 aliphatic rings. The first-order valence-corrected chi connectivity index (χ1v) is 6.27. The number of aliphatic hydroxyl groups excluding tert-OH is 1. The van der Waals surface area contributed by atoms with E-state index in [2.05, 4.69) is 0 Å². The highest BCUT2D eigenvalue weighted by atomic mass is 32.1. The fourth-order valence-corrected chi connectivity index (χ4v) is 2.53. The SMILES string of the molecule is COc1csc(C(=O)N2CCOC(CO)C2)c1. The molecule has 1 aliphatic heterocycles. The van der Waals surface area contributed by atoms with Gasteiger partial charge in [-0.1, -0.05) is 0 Å². The first-order valence-electron chi connectivity index (χ1n) is 5.39. The zero-order valence-electron chi connectivity index (χ0n) is 9.59. The highest BCUT2D eigenvalue weighted by Gasteiger charge is 2.25. The summed E-state index contributed by atoms with van der Waals surface area (Å²) in [5.74, 6) is 0.672. The van der Waals surface area contributed by atoms with E-state index >= 15 is 0 Å². The van der Waals surface area contributed by atoms with Gasteiger partial charge in [-0.25, -0.2) is 0 Å². The van der Waals surface area contributed by atoms with Crippen LogP contribution in [0, 0.1) is 0 Å². The molecule has 6 heteroatoms. The number of methoxy groups -OCH3 is 1. The molecule has 1 unspecified atom stereocenters. The Morgan fingerprint density at radius 2 is 2.59 bits per heavy atom. The van der Waals surface area contributed by atoms with Gasteiger partial charge in [0, 0.05) is 24.5 Å². The van der Waals surface area contributed by atoms with Crippen molar-refractivity contribution in [2.45, 2.75) is 6.10 Å². The number of thiophene rings is 1. The van der Waals surface area contributed by atoms with Crippen LogP contribution in [0.3, 0.4) is 0 Å². The third-order valence-electron chi connectivity index (χ3n) is 2.65. The monoisotopic (exact) mass is 257 g/mol. The van der Waals surface area contributed by atoms with Gasteiger partial charge in [-0.15, -0.1) is 11.3 Å². The molecule has 1 aromatic heterocycles. The van der Waals surface area contributed by atoms with Crippen LogP contribution in [-0.4, -0.2) is 55.4 Å². The summed E-state index contributed by atoms with van der Waals surface area (Å²) in [5, 5.41) is 10.8. The zero-order valence-corrected chi connectivity index (χ0v) is 10.4. The lowest BCUT2D eigenvalue weighted by molar-refractivity contribution is -0.0446. The number of morpholine rings is 1. The summed E-state index contributed by atoms with van der Waals surface area (Å²) >= 11 is 1.37. The normalized spacial score (nSPS) is 20.4. The van der Waals surface area contributed by atoms with E-state index < -0.39 is 0 Å². The molecule has 5 nitrogen and oxygen atoms in total. The third kappa shape index (κ3) is 2.77. The molecule has 0 aromatic carbocycles. The molecule has 94 valence electrons. The van der Waals surface area contributed by atoms with Crippen molar-refractivity contribution >= 4 is 17.2 Å². The zero-order chi connectivity index (χ0) is 12.3. The topological polar surface area (TPSA) is 59.0 Å². The Balaban J connectivity index is 2.03. The standard InChI is InChI=1S/C11H15NO4S/c1-15-8-4-10(17-7-8)11(14)12-2-3-16-9(5-12)6-13/h4,7,9,13H,2-3,5-6H2,1H3. The average Bonchev–Trinajstić information content (AvgIpc) is 2.86. The number of carbonyl (C=O) groups is 1. The maximum absolute atomic E-state index is 12.1. The van der Waals surface area contributed by atoms with Gasteiger partial charge in [0.25, 0.3) is 5.91 Å². The molecule has 0 aliphatic carbocycles. The predicted molar refractivity (Wildman–Crippen MR) is 63.6 cm³/mol. The van der Waals surface area contributed by atoms with Crippen LogP contribution in [0.2, 0.25) is 0 Å². The number of amides is 1. The predicted octanol–water partition coefficient (Wildman–Crippen LogP) is 0.590. The van der Waals surface area contributed by atoms with E-state index in [9.17, 15) is 4.79 Å². The summed E-state index contributed by atoms with van der Waals surface area (Å²) in [5.41, 5.74) is 0. The first kappa shape index (κ1) is 12.3. The summed E-state index contributed by atoms with van der Waals surface area (Å²) in [6.45, 7) is 1.42. The fraction of sp³-hybridized carbons (Fsp3) is 0.545. The van der Waals surface area contributed by atoms with E-state index in [0.29, 0.717) is 30.3 Å². The molecule has 1 atom stereocenters. The molecule has 17 heavy (non-hydrogen) atoms. The van der Waals surface area contributed by atoms with E-state index in [1.54, 1.807) is 23.5 Å². The molecule has 0 radical (unpaired) electrons. The van der Waals surface area contributed by atoms with Crippen molar-refractivity contribution in [2.75, 3.05) is 33.4 Å². The van der Waals surface area contributed by atoms with Crippen molar-refractivity contribution in [3.05, 3.63) is 16.3 Å². The minimum atomic E-state index is -0.269. The van der Waals surface area contributed by atoms with Gasteiger partial charge in [0.1, 0.15) is 5.75 Å². The lowest BCUT2D eigenvalue weighted by Gasteiger charge is -2.31. The Labute approximate surface area is 104 Å². The second kappa shape index (κ2) is 5.48. The highest BCUT2D eigenvalue weighted by molar-refractivity contribution is 7.12. The molecule has 1 N–H and O–H groups in total. The number of nitrogens with zero attached hydrogens (tertiary/aromatic N) is 1. The van der Waals surface area contributed by atoms with Gasteiger partial charge in [-0.3, -0.25) is 4.79 Å². The van der Waals surface area contributed by atoms with Crippen LogP contribution in [0.15, 0.2) is 11.4 Å². The Hall–Kier alpha value is -1.11. The van der Waals surface area contributed by atoms with Crippen molar-refractivity contribution in [3.63, 3.8) is 0 Å². The number of hydrogen-bond donors (Lipinski definition) is 1. The maximum atomic E-state index is 12.1. The average molecular weight is 257 g/mol. The van der Waals surface area contributed by atoms with Gasteiger partial charge in [0.15, 0.2) is 0 Å². The molecule has 0 saturated carbocycles. The fourth-order valence-electron chi connectivity index (χ4n) is 1.71. The molecule has 0 bridgehead atoms. The van der Waals surface area contributed by atoms with Crippen LogP contribution < -0.4 is 4.74 Å². The molecule has 2 heterocycles. The number of ether oxygens (including phenoxy) is 2. The smallest absolute Gasteiger partial charge is 0.264 e. The van der Waals surface area contributed by atoms with Crippen LogP contribution in [0.4, 0.5) is 0 Å². The van der Waals surface area contributed by atoms with E-state index in [1.807, 2.05) is 0 Å². The van der Waals surface area contributed by atoms with E-state index in [-0.39, 0.29) is 18.6 Å². The van der Waals surface area contributed by atoms with Crippen molar-refractivity contribution < 1.29 is 19.4 Å². The largest absolute Gasteiger partial charge is 0.496 e. The minimum absolute atomic E-state index is 0.0277. The molecule has 2 rings (SSSR count). The lowest BCUT2D eigenvalue weighted by Crippen LogP contribution is -2.46. The Morgan fingerprint density at radius 1 is 1.76 bits per heavy atom. The van der Waals surface area contributed by atoms with Gasteiger partial charge in [-0.05, 0) is 0 Å². The van der Waals surface area contributed by atoms with Crippen LogP contribution in [0.5, 0.6) is 5.75 Å². The van der Waals surface area contributed by atoms with Crippen molar-refractivity contribution in [2.24, 2.45) is 0 Å².